The minimum Gasteiger partial charge on any atom is -0.497 e. The number of nitrogens with two attached hydrogens (primary N) is 1. The molecular weight excluding hydrogens is 196 g/mol. The first kappa shape index (κ1) is 10.9. The molecular formula is C10H10N2O3. The Labute approximate surface area is 87.0 Å². The Morgan fingerprint density at radius 1 is 1.60 bits per heavy atom. The summed E-state index contributed by atoms with van der Waals surface area (Å²) in [5.41, 5.74) is 6.07. The van der Waals surface area contributed by atoms with Gasteiger partial charge in [0.05, 0.1) is 12.7 Å². The summed E-state index contributed by atoms with van der Waals surface area (Å²) in [4.78, 5) is 11.4. The number of carbonyl (C=O) groups is 1. The summed E-state index contributed by atoms with van der Waals surface area (Å²) >= 11 is 0. The summed E-state index contributed by atoms with van der Waals surface area (Å²) < 4.78 is 9.56. The Kier molecular flexibility index (Phi) is 3.52. The Morgan fingerprint density at radius 2 is 2.33 bits per heavy atom. The van der Waals surface area contributed by atoms with Crippen LogP contribution in [0.3, 0.4) is 0 Å². The molecule has 0 aromatic heterocycles. The van der Waals surface area contributed by atoms with Crippen LogP contribution in [0.2, 0.25) is 0 Å². The minimum atomic E-state index is -0.632. The van der Waals surface area contributed by atoms with Gasteiger partial charge in [-0.1, -0.05) is 0 Å². The Hall–Kier alpha value is -2.22. The van der Waals surface area contributed by atoms with Gasteiger partial charge in [-0.15, -0.1) is 0 Å². The normalized spacial score (nSPS) is 9.07. The second-order valence-electron chi connectivity index (χ2n) is 2.69. The van der Waals surface area contributed by atoms with E-state index in [1.54, 1.807) is 18.2 Å². The summed E-state index contributed by atoms with van der Waals surface area (Å²) in [6.07, 6.45) is 0. The van der Waals surface area contributed by atoms with Crippen LogP contribution >= 0.6 is 0 Å². The van der Waals surface area contributed by atoms with Gasteiger partial charge < -0.3 is 15.2 Å². The molecule has 0 saturated heterocycles. The number of carbonyl (C=O) groups excluding carboxylic acids is 1. The Morgan fingerprint density at radius 3 is 2.93 bits per heavy atom. The van der Waals surface area contributed by atoms with Gasteiger partial charge in [0.25, 0.3) is 0 Å². The summed E-state index contributed by atoms with van der Waals surface area (Å²) in [6.45, 7) is -0.296. The number of hydrogen-bond acceptors (Lipinski definition) is 5. The van der Waals surface area contributed by atoms with Gasteiger partial charge in [-0.05, 0) is 18.2 Å². The lowest BCUT2D eigenvalue weighted by atomic mass is 10.2. The third-order valence-electron chi connectivity index (χ3n) is 1.75. The maximum atomic E-state index is 11.4. The average molecular weight is 206 g/mol. The molecule has 0 amide bonds. The van der Waals surface area contributed by atoms with E-state index in [0.717, 1.165) is 0 Å². The highest BCUT2D eigenvalue weighted by atomic mass is 16.5. The first-order valence-corrected chi connectivity index (χ1v) is 4.16. The highest BCUT2D eigenvalue weighted by Gasteiger charge is 2.11. The van der Waals surface area contributed by atoms with Gasteiger partial charge in [-0.2, -0.15) is 5.26 Å². The summed E-state index contributed by atoms with van der Waals surface area (Å²) in [5.74, 6) is -0.124. The molecule has 0 saturated carbocycles. The van der Waals surface area contributed by atoms with Crippen LogP contribution in [-0.4, -0.2) is 19.7 Å². The highest BCUT2D eigenvalue weighted by molar-refractivity contribution is 5.95. The van der Waals surface area contributed by atoms with Crippen LogP contribution in [0.5, 0.6) is 5.75 Å². The van der Waals surface area contributed by atoms with E-state index in [9.17, 15) is 4.79 Å². The molecule has 0 unspecified atom stereocenters. The highest BCUT2D eigenvalue weighted by Crippen LogP contribution is 2.20. The van der Waals surface area contributed by atoms with E-state index >= 15 is 0 Å². The molecule has 0 aliphatic carbocycles. The van der Waals surface area contributed by atoms with Crippen molar-refractivity contribution in [1.82, 2.24) is 0 Å². The third kappa shape index (κ3) is 2.61. The van der Waals surface area contributed by atoms with E-state index in [1.165, 1.54) is 13.2 Å². The molecule has 1 rings (SSSR count). The predicted molar refractivity (Wildman–Crippen MR) is 53.3 cm³/mol. The van der Waals surface area contributed by atoms with E-state index in [4.69, 9.17) is 15.7 Å². The van der Waals surface area contributed by atoms with Gasteiger partial charge in [0.2, 0.25) is 0 Å². The smallest absolute Gasteiger partial charge is 0.341 e. The molecule has 5 nitrogen and oxygen atoms in total. The van der Waals surface area contributed by atoms with Gasteiger partial charge in [0.15, 0.2) is 6.61 Å². The Balaban J connectivity index is 2.92. The van der Waals surface area contributed by atoms with Crippen LogP contribution < -0.4 is 10.5 Å². The number of esters is 1. The van der Waals surface area contributed by atoms with Crippen molar-refractivity contribution in [2.75, 3.05) is 19.5 Å². The summed E-state index contributed by atoms with van der Waals surface area (Å²) in [7, 11) is 1.48. The molecule has 5 heteroatoms. The average Bonchev–Trinajstić information content (AvgIpc) is 2.26. The largest absolute Gasteiger partial charge is 0.497 e. The molecule has 0 atom stereocenters. The molecule has 0 aliphatic rings. The molecule has 1 aromatic carbocycles. The zero-order valence-electron chi connectivity index (χ0n) is 8.19. The number of hydrogen-bond donors (Lipinski definition) is 1. The first-order valence-electron chi connectivity index (χ1n) is 4.16. The minimum absolute atomic E-state index is 0.199. The number of methoxy groups -OCH3 is 1. The second-order valence-corrected chi connectivity index (χ2v) is 2.69. The maximum Gasteiger partial charge on any atom is 0.341 e. The lowest BCUT2D eigenvalue weighted by Crippen LogP contribution is -2.08. The van der Waals surface area contributed by atoms with Crippen LogP contribution in [0.1, 0.15) is 10.4 Å². The van der Waals surface area contributed by atoms with Crippen molar-refractivity contribution in [2.24, 2.45) is 0 Å². The molecule has 78 valence electrons. The lowest BCUT2D eigenvalue weighted by Gasteiger charge is -2.06. The molecule has 1 aromatic rings. The van der Waals surface area contributed by atoms with E-state index in [-0.39, 0.29) is 12.2 Å². The van der Waals surface area contributed by atoms with E-state index in [2.05, 4.69) is 4.74 Å². The molecule has 0 fully saturated rings. The fourth-order valence-electron chi connectivity index (χ4n) is 1.01. The molecule has 0 bridgehead atoms. The fourth-order valence-corrected chi connectivity index (χ4v) is 1.01. The quantitative estimate of drug-likeness (QED) is 0.588. The SMILES string of the molecule is COc1ccc(N)c(C(=O)OCC#N)c1. The lowest BCUT2D eigenvalue weighted by molar-refractivity contribution is 0.0556. The molecule has 15 heavy (non-hydrogen) atoms. The Bertz CT molecular complexity index is 410. The van der Waals surface area contributed by atoms with Crippen molar-refractivity contribution in [3.63, 3.8) is 0 Å². The van der Waals surface area contributed by atoms with Gasteiger partial charge >= 0.3 is 5.97 Å². The van der Waals surface area contributed by atoms with Crippen molar-refractivity contribution >= 4 is 11.7 Å². The molecule has 0 aliphatic heterocycles. The van der Waals surface area contributed by atoms with Crippen LogP contribution in [0.15, 0.2) is 18.2 Å². The van der Waals surface area contributed by atoms with E-state index < -0.39 is 5.97 Å². The van der Waals surface area contributed by atoms with Crippen molar-refractivity contribution < 1.29 is 14.3 Å². The van der Waals surface area contributed by atoms with E-state index in [0.29, 0.717) is 11.4 Å². The van der Waals surface area contributed by atoms with Gasteiger partial charge in [-0.3, -0.25) is 0 Å². The predicted octanol–water partition coefficient (Wildman–Crippen LogP) is 0.958. The van der Waals surface area contributed by atoms with Crippen molar-refractivity contribution in [3.8, 4) is 11.8 Å². The molecule has 0 radical (unpaired) electrons. The zero-order valence-corrected chi connectivity index (χ0v) is 8.19. The van der Waals surface area contributed by atoms with E-state index in [1.807, 2.05) is 0 Å². The second kappa shape index (κ2) is 4.86. The van der Waals surface area contributed by atoms with Crippen LogP contribution in [0.4, 0.5) is 5.69 Å². The topological polar surface area (TPSA) is 85.3 Å². The first-order chi connectivity index (χ1) is 7.19. The molecule has 0 heterocycles. The number of rotatable bonds is 3. The molecule has 2 N–H and O–H groups in total. The summed E-state index contributed by atoms with van der Waals surface area (Å²) in [6, 6.07) is 6.35. The number of nitrogens with zero attached hydrogens (tertiary/aromatic N) is 1. The van der Waals surface area contributed by atoms with Crippen LogP contribution in [-0.2, 0) is 4.74 Å². The number of anilines is 1. The number of nitriles is 1. The third-order valence-corrected chi connectivity index (χ3v) is 1.75. The maximum absolute atomic E-state index is 11.4. The van der Waals surface area contributed by atoms with Gasteiger partial charge in [0, 0.05) is 5.69 Å². The zero-order chi connectivity index (χ0) is 11.3. The fraction of sp³-hybridized carbons (Fsp3) is 0.200. The monoisotopic (exact) mass is 206 g/mol. The number of benzene rings is 1. The van der Waals surface area contributed by atoms with Crippen molar-refractivity contribution in [1.29, 1.82) is 5.26 Å². The summed E-state index contributed by atoms with van der Waals surface area (Å²) in [5, 5.41) is 8.25. The van der Waals surface area contributed by atoms with Crippen LogP contribution in [0, 0.1) is 11.3 Å². The molecule has 0 spiro atoms. The van der Waals surface area contributed by atoms with Gasteiger partial charge in [-0.25, -0.2) is 4.79 Å². The van der Waals surface area contributed by atoms with Crippen molar-refractivity contribution in [2.45, 2.75) is 0 Å². The van der Waals surface area contributed by atoms with Crippen LogP contribution in [0.25, 0.3) is 0 Å². The number of nitrogen functional groups attached to an aromatic ring is 1. The number of ether oxygens (including phenoxy) is 2. The van der Waals surface area contributed by atoms with Crippen molar-refractivity contribution in [3.05, 3.63) is 23.8 Å². The standard InChI is InChI=1S/C10H10N2O3/c1-14-7-2-3-9(12)8(6-7)10(13)15-5-4-11/h2-3,6H,5,12H2,1H3. The van der Waals surface area contributed by atoms with Gasteiger partial charge in [0.1, 0.15) is 11.8 Å².